The van der Waals surface area contributed by atoms with Gasteiger partial charge in [0, 0.05) is 5.69 Å². The third-order valence-corrected chi connectivity index (χ3v) is 2.98. The normalized spacial score (nSPS) is 12.1. The molecule has 1 aromatic heterocycles. The lowest BCUT2D eigenvalue weighted by molar-refractivity contribution is 0.0943. The summed E-state index contributed by atoms with van der Waals surface area (Å²) in [6.07, 6.45) is 2.20. The molecule has 2 rings (SSSR count). The number of hydrogen-bond donors (Lipinski definition) is 3. The van der Waals surface area contributed by atoms with Gasteiger partial charge in [0.25, 0.3) is 0 Å². The lowest BCUT2D eigenvalue weighted by atomic mass is 10.1. The first kappa shape index (κ1) is 15.1. The van der Waals surface area contributed by atoms with Gasteiger partial charge in [-0.1, -0.05) is 29.8 Å². The smallest absolute Gasteiger partial charge is 0.326 e. The highest BCUT2D eigenvalue weighted by Crippen LogP contribution is 2.14. The molecular weight excluding hydrogens is 270 g/mol. The Kier molecular flexibility index (Phi) is 5.42. The van der Waals surface area contributed by atoms with Crippen molar-refractivity contribution in [1.82, 2.24) is 10.1 Å². The number of para-hydroxylation sites is 1. The molecule has 0 radical (unpaired) electrons. The first-order valence-electron chi connectivity index (χ1n) is 6.86. The zero-order valence-electron chi connectivity index (χ0n) is 11.7. The molecule has 5 N–H and O–H groups in total. The van der Waals surface area contributed by atoms with Crippen molar-refractivity contribution in [3.63, 3.8) is 0 Å². The van der Waals surface area contributed by atoms with E-state index in [2.05, 4.69) is 15.5 Å². The van der Waals surface area contributed by atoms with E-state index in [0.717, 1.165) is 18.5 Å². The molecule has 0 saturated heterocycles. The summed E-state index contributed by atoms with van der Waals surface area (Å²) < 4.78 is 5.00. The molecule has 7 nitrogen and oxygen atoms in total. The molecule has 1 atom stereocenters. The molecular formula is C14H19N5O2. The minimum Gasteiger partial charge on any atom is -0.330 e. The summed E-state index contributed by atoms with van der Waals surface area (Å²) in [5.41, 5.74) is 12.0. The fraction of sp³-hybridized carbons (Fsp3) is 0.357. The lowest BCUT2D eigenvalue weighted by Gasteiger charge is -2.06. The molecule has 0 aliphatic rings. The Hall–Kier alpha value is -2.25. The Morgan fingerprint density at radius 3 is 2.76 bits per heavy atom. The molecule has 7 heteroatoms. The van der Waals surface area contributed by atoms with Crippen LogP contribution in [0.4, 0.5) is 11.7 Å². The SMILES string of the molecule is NCCCCC(N)C(=O)c1noc(Nc2ccccc2)n1. The number of rotatable bonds is 8. The second-order valence-corrected chi connectivity index (χ2v) is 4.67. The Morgan fingerprint density at radius 2 is 2.05 bits per heavy atom. The van der Waals surface area contributed by atoms with Gasteiger partial charge in [-0.15, -0.1) is 0 Å². The molecule has 0 saturated carbocycles. The maximum Gasteiger partial charge on any atom is 0.326 e. The van der Waals surface area contributed by atoms with E-state index in [1.807, 2.05) is 30.3 Å². The number of hydrogen-bond acceptors (Lipinski definition) is 7. The highest BCUT2D eigenvalue weighted by molar-refractivity contribution is 5.96. The van der Waals surface area contributed by atoms with E-state index < -0.39 is 6.04 Å². The number of unbranched alkanes of at least 4 members (excludes halogenated alkanes) is 1. The van der Waals surface area contributed by atoms with Crippen LogP contribution in [0.1, 0.15) is 29.9 Å². The second kappa shape index (κ2) is 7.51. The second-order valence-electron chi connectivity index (χ2n) is 4.67. The van der Waals surface area contributed by atoms with Crippen LogP contribution in [0.2, 0.25) is 0 Å². The Bertz CT molecular complexity index is 570. The Morgan fingerprint density at radius 1 is 1.29 bits per heavy atom. The number of carbonyl (C=O) groups excluding carboxylic acids is 1. The number of benzene rings is 1. The first-order valence-corrected chi connectivity index (χ1v) is 6.86. The summed E-state index contributed by atoms with van der Waals surface area (Å²) >= 11 is 0. The van der Waals surface area contributed by atoms with Crippen molar-refractivity contribution in [3.05, 3.63) is 36.2 Å². The van der Waals surface area contributed by atoms with Crippen molar-refractivity contribution in [2.24, 2.45) is 11.5 Å². The van der Waals surface area contributed by atoms with E-state index in [-0.39, 0.29) is 17.6 Å². The monoisotopic (exact) mass is 289 g/mol. The van der Waals surface area contributed by atoms with Crippen molar-refractivity contribution in [2.45, 2.75) is 25.3 Å². The maximum atomic E-state index is 12.0. The van der Waals surface area contributed by atoms with E-state index in [9.17, 15) is 4.79 Å². The molecule has 0 aliphatic carbocycles. The number of nitrogens with one attached hydrogen (secondary N) is 1. The maximum absolute atomic E-state index is 12.0. The first-order chi connectivity index (χ1) is 10.2. The number of Topliss-reactive ketones (excluding diaryl/α,β-unsaturated/α-hetero) is 1. The minimum absolute atomic E-state index is 0.00585. The standard InChI is InChI=1S/C14H19N5O2/c15-9-5-4-8-11(16)12(20)13-18-14(21-19-13)17-10-6-2-1-3-7-10/h1-3,6-7,11H,4-5,8-9,15-16H2,(H,17,18,19). The number of nitrogens with two attached hydrogens (primary N) is 2. The van der Waals surface area contributed by atoms with E-state index in [1.165, 1.54) is 0 Å². The summed E-state index contributed by atoms with van der Waals surface area (Å²) in [6.45, 7) is 0.592. The van der Waals surface area contributed by atoms with Gasteiger partial charge in [-0.25, -0.2) is 0 Å². The molecule has 0 bridgehead atoms. The number of anilines is 2. The molecule has 112 valence electrons. The summed E-state index contributed by atoms with van der Waals surface area (Å²) in [6, 6.07) is 8.89. The van der Waals surface area contributed by atoms with Crippen LogP contribution in [0, 0.1) is 0 Å². The van der Waals surface area contributed by atoms with E-state index in [1.54, 1.807) is 0 Å². The molecule has 0 fully saturated rings. The van der Waals surface area contributed by atoms with Crippen molar-refractivity contribution < 1.29 is 9.32 Å². The van der Waals surface area contributed by atoms with Crippen LogP contribution in [-0.4, -0.2) is 28.5 Å². The predicted molar refractivity (Wildman–Crippen MR) is 79.2 cm³/mol. The van der Waals surface area contributed by atoms with Crippen LogP contribution in [0.25, 0.3) is 0 Å². The average molecular weight is 289 g/mol. The fourth-order valence-electron chi connectivity index (χ4n) is 1.82. The largest absolute Gasteiger partial charge is 0.330 e. The van der Waals surface area contributed by atoms with Gasteiger partial charge in [0.1, 0.15) is 0 Å². The van der Waals surface area contributed by atoms with Crippen LogP contribution >= 0.6 is 0 Å². The van der Waals surface area contributed by atoms with E-state index in [0.29, 0.717) is 13.0 Å². The fourth-order valence-corrected chi connectivity index (χ4v) is 1.82. The molecule has 0 amide bonds. The summed E-state index contributed by atoms with van der Waals surface area (Å²) in [4.78, 5) is 16.0. The third-order valence-electron chi connectivity index (χ3n) is 2.98. The lowest BCUT2D eigenvalue weighted by Crippen LogP contribution is -2.31. The van der Waals surface area contributed by atoms with Crippen LogP contribution < -0.4 is 16.8 Å². The quantitative estimate of drug-likeness (QED) is 0.497. The zero-order valence-corrected chi connectivity index (χ0v) is 11.7. The van der Waals surface area contributed by atoms with Gasteiger partial charge < -0.3 is 21.3 Å². The number of nitrogens with zero attached hydrogens (tertiary/aromatic N) is 2. The van der Waals surface area contributed by atoms with Crippen molar-refractivity contribution >= 4 is 17.5 Å². The molecule has 0 spiro atoms. The van der Waals surface area contributed by atoms with Crippen LogP contribution in [-0.2, 0) is 0 Å². The Balaban J connectivity index is 1.94. The van der Waals surface area contributed by atoms with Gasteiger partial charge in [-0.2, -0.15) is 4.98 Å². The number of ketones is 1. The highest BCUT2D eigenvalue weighted by Gasteiger charge is 2.21. The van der Waals surface area contributed by atoms with Gasteiger partial charge in [-0.3, -0.25) is 4.79 Å². The zero-order chi connectivity index (χ0) is 15.1. The van der Waals surface area contributed by atoms with Crippen molar-refractivity contribution in [1.29, 1.82) is 0 Å². The summed E-state index contributed by atoms with van der Waals surface area (Å²) in [7, 11) is 0. The van der Waals surface area contributed by atoms with Gasteiger partial charge in [0.05, 0.1) is 6.04 Å². The van der Waals surface area contributed by atoms with Crippen LogP contribution in [0.5, 0.6) is 0 Å². The molecule has 1 aromatic carbocycles. The molecule has 21 heavy (non-hydrogen) atoms. The van der Waals surface area contributed by atoms with Gasteiger partial charge in [0.2, 0.25) is 11.6 Å². The highest BCUT2D eigenvalue weighted by atomic mass is 16.5. The Labute approximate surface area is 122 Å². The molecule has 0 aliphatic heterocycles. The van der Waals surface area contributed by atoms with Crippen LogP contribution in [0.3, 0.4) is 0 Å². The average Bonchev–Trinajstić information content (AvgIpc) is 2.96. The van der Waals surface area contributed by atoms with Gasteiger partial charge >= 0.3 is 6.01 Å². The molecule has 2 aromatic rings. The van der Waals surface area contributed by atoms with Gasteiger partial charge in [0.15, 0.2) is 0 Å². The van der Waals surface area contributed by atoms with Crippen molar-refractivity contribution in [2.75, 3.05) is 11.9 Å². The number of carbonyl (C=O) groups is 1. The topological polar surface area (TPSA) is 120 Å². The van der Waals surface area contributed by atoms with Crippen molar-refractivity contribution in [3.8, 4) is 0 Å². The van der Waals surface area contributed by atoms with Gasteiger partial charge in [-0.05, 0) is 31.5 Å². The summed E-state index contributed by atoms with van der Waals surface area (Å²) in [5.74, 6) is -0.328. The predicted octanol–water partition coefficient (Wildman–Crippen LogP) is 1.45. The molecule has 1 heterocycles. The number of aromatic nitrogens is 2. The van der Waals surface area contributed by atoms with E-state index >= 15 is 0 Å². The third kappa shape index (κ3) is 4.37. The van der Waals surface area contributed by atoms with E-state index in [4.69, 9.17) is 16.0 Å². The minimum atomic E-state index is -0.626. The van der Waals surface area contributed by atoms with Crippen LogP contribution in [0.15, 0.2) is 34.9 Å². The summed E-state index contributed by atoms with van der Waals surface area (Å²) in [5, 5.41) is 6.58. The molecule has 1 unspecified atom stereocenters.